The number of nitrogens with one attached hydrogen (secondary N) is 1. The Kier molecular flexibility index (Phi) is 4.26. The monoisotopic (exact) mass is 280 g/mol. The minimum Gasteiger partial charge on any atom is -0.492 e. The summed E-state index contributed by atoms with van der Waals surface area (Å²) in [6, 6.07) is 0.568. The van der Waals surface area contributed by atoms with Crippen molar-refractivity contribution in [2.45, 2.75) is 76.2 Å². The molecule has 3 rings (SSSR count). The number of hydrogen-bond donors (Lipinski definition) is 2. The highest BCUT2D eigenvalue weighted by molar-refractivity contribution is 7.16. The lowest BCUT2D eigenvalue weighted by Crippen LogP contribution is -2.21. The molecule has 0 radical (unpaired) electrons. The minimum atomic E-state index is 0.287. The van der Waals surface area contributed by atoms with Crippen LogP contribution < -0.4 is 5.32 Å². The average molecular weight is 280 g/mol. The fourth-order valence-electron chi connectivity index (χ4n) is 3.44. The fraction of sp³-hybridized carbons (Fsp3) is 0.800. The number of anilines is 1. The van der Waals surface area contributed by atoms with Crippen LogP contribution in [0.1, 0.15) is 75.0 Å². The van der Waals surface area contributed by atoms with Crippen LogP contribution in [0.15, 0.2) is 0 Å². The third-order valence-corrected chi connectivity index (χ3v) is 5.68. The van der Waals surface area contributed by atoms with E-state index in [0.29, 0.717) is 12.0 Å². The SMILES string of the molecule is Oc1nc(NC2CCCCC2)sc1C1CCCCC1. The molecule has 1 heterocycles. The summed E-state index contributed by atoms with van der Waals surface area (Å²) >= 11 is 1.69. The van der Waals surface area contributed by atoms with Gasteiger partial charge in [-0.3, -0.25) is 0 Å². The molecule has 2 aliphatic rings. The van der Waals surface area contributed by atoms with E-state index in [1.807, 2.05) is 0 Å². The lowest BCUT2D eigenvalue weighted by molar-refractivity contribution is 0.411. The summed E-state index contributed by atoms with van der Waals surface area (Å²) < 4.78 is 0. The van der Waals surface area contributed by atoms with Gasteiger partial charge in [0.2, 0.25) is 5.88 Å². The van der Waals surface area contributed by atoms with Gasteiger partial charge in [0.05, 0.1) is 4.88 Å². The molecular weight excluding hydrogens is 256 g/mol. The van der Waals surface area contributed by atoms with Crippen LogP contribution >= 0.6 is 11.3 Å². The van der Waals surface area contributed by atoms with Crippen LogP contribution in [0.5, 0.6) is 5.88 Å². The van der Waals surface area contributed by atoms with Crippen molar-refractivity contribution < 1.29 is 5.11 Å². The maximum absolute atomic E-state index is 10.1. The summed E-state index contributed by atoms with van der Waals surface area (Å²) in [5.74, 6) is 0.836. The van der Waals surface area contributed by atoms with Crippen LogP contribution in [0.3, 0.4) is 0 Å². The van der Waals surface area contributed by atoms with E-state index in [2.05, 4.69) is 10.3 Å². The number of rotatable bonds is 3. The quantitative estimate of drug-likeness (QED) is 0.847. The number of aromatic hydroxyl groups is 1. The van der Waals surface area contributed by atoms with Gasteiger partial charge in [0.1, 0.15) is 0 Å². The summed E-state index contributed by atoms with van der Waals surface area (Å²) in [7, 11) is 0. The van der Waals surface area contributed by atoms with Gasteiger partial charge in [-0.1, -0.05) is 49.9 Å². The minimum absolute atomic E-state index is 0.287. The average Bonchev–Trinajstić information content (AvgIpc) is 2.82. The first-order valence-corrected chi connectivity index (χ1v) is 8.61. The smallest absolute Gasteiger partial charge is 0.227 e. The molecule has 0 atom stereocenters. The topological polar surface area (TPSA) is 45.2 Å². The molecule has 0 saturated heterocycles. The molecular formula is C15H24N2OS. The van der Waals surface area contributed by atoms with E-state index in [-0.39, 0.29) is 5.88 Å². The third kappa shape index (κ3) is 3.22. The highest BCUT2D eigenvalue weighted by Crippen LogP contribution is 2.42. The van der Waals surface area contributed by atoms with Crippen molar-refractivity contribution in [1.29, 1.82) is 0 Å². The second kappa shape index (κ2) is 6.12. The van der Waals surface area contributed by atoms with Crippen LogP contribution in [0.25, 0.3) is 0 Å². The predicted octanol–water partition coefficient (Wildman–Crippen LogP) is 4.64. The number of hydrogen-bond acceptors (Lipinski definition) is 4. The van der Waals surface area contributed by atoms with E-state index in [4.69, 9.17) is 0 Å². The second-order valence-electron chi connectivity index (χ2n) is 6.02. The number of nitrogens with zero attached hydrogens (tertiary/aromatic N) is 1. The first-order valence-electron chi connectivity index (χ1n) is 7.79. The maximum atomic E-state index is 10.1. The summed E-state index contributed by atoms with van der Waals surface area (Å²) in [5, 5.41) is 14.5. The molecule has 4 heteroatoms. The number of aromatic nitrogens is 1. The lowest BCUT2D eigenvalue weighted by atomic mass is 9.88. The number of thiazole rings is 1. The molecule has 2 fully saturated rings. The Labute approximate surface area is 119 Å². The third-order valence-electron chi connectivity index (χ3n) is 4.54. The Morgan fingerprint density at radius 1 is 0.947 bits per heavy atom. The zero-order valence-corrected chi connectivity index (χ0v) is 12.3. The fourth-order valence-corrected chi connectivity index (χ4v) is 4.54. The normalized spacial score (nSPS) is 22.5. The summed E-state index contributed by atoms with van der Waals surface area (Å²) in [5.41, 5.74) is 0. The van der Waals surface area contributed by atoms with Crippen molar-refractivity contribution in [2.24, 2.45) is 0 Å². The summed E-state index contributed by atoms with van der Waals surface area (Å²) in [4.78, 5) is 5.47. The van der Waals surface area contributed by atoms with Gasteiger partial charge in [-0.2, -0.15) is 4.98 Å². The Morgan fingerprint density at radius 3 is 2.26 bits per heavy atom. The molecule has 0 aliphatic heterocycles. The van der Waals surface area contributed by atoms with Crippen LogP contribution in [0, 0.1) is 0 Å². The summed E-state index contributed by atoms with van der Waals surface area (Å²) in [6.45, 7) is 0. The van der Waals surface area contributed by atoms with Crippen molar-refractivity contribution in [3.63, 3.8) is 0 Å². The largest absolute Gasteiger partial charge is 0.492 e. The van der Waals surface area contributed by atoms with E-state index in [9.17, 15) is 5.11 Å². The van der Waals surface area contributed by atoms with E-state index in [1.165, 1.54) is 64.2 Å². The molecule has 2 saturated carbocycles. The van der Waals surface area contributed by atoms with Gasteiger partial charge in [0, 0.05) is 6.04 Å². The second-order valence-corrected chi connectivity index (χ2v) is 7.05. The van der Waals surface area contributed by atoms with Gasteiger partial charge >= 0.3 is 0 Å². The van der Waals surface area contributed by atoms with Crippen LogP contribution in [-0.4, -0.2) is 16.1 Å². The first kappa shape index (κ1) is 13.2. The van der Waals surface area contributed by atoms with E-state index in [0.717, 1.165) is 10.0 Å². The van der Waals surface area contributed by atoms with Gasteiger partial charge in [-0.05, 0) is 31.6 Å². The summed E-state index contributed by atoms with van der Waals surface area (Å²) in [6.07, 6.45) is 12.9. The highest BCUT2D eigenvalue weighted by atomic mass is 32.1. The Balaban J connectivity index is 1.66. The van der Waals surface area contributed by atoms with Crippen molar-refractivity contribution in [3.05, 3.63) is 4.88 Å². The molecule has 0 aromatic carbocycles. The van der Waals surface area contributed by atoms with Crippen molar-refractivity contribution >= 4 is 16.5 Å². The predicted molar refractivity (Wildman–Crippen MR) is 80.1 cm³/mol. The maximum Gasteiger partial charge on any atom is 0.227 e. The molecule has 0 spiro atoms. The van der Waals surface area contributed by atoms with E-state index >= 15 is 0 Å². The Hall–Kier alpha value is -0.770. The molecule has 2 N–H and O–H groups in total. The van der Waals surface area contributed by atoms with Gasteiger partial charge in [0.15, 0.2) is 5.13 Å². The molecule has 2 aliphatic carbocycles. The van der Waals surface area contributed by atoms with Gasteiger partial charge in [-0.25, -0.2) is 0 Å². The molecule has 0 amide bonds. The molecule has 1 aromatic heterocycles. The first-order chi connectivity index (χ1) is 9.33. The Morgan fingerprint density at radius 2 is 1.58 bits per heavy atom. The van der Waals surface area contributed by atoms with Crippen molar-refractivity contribution in [2.75, 3.05) is 5.32 Å². The Bertz CT molecular complexity index is 406. The van der Waals surface area contributed by atoms with Crippen molar-refractivity contribution in [3.8, 4) is 5.88 Å². The van der Waals surface area contributed by atoms with Gasteiger partial charge in [-0.15, -0.1) is 0 Å². The zero-order chi connectivity index (χ0) is 13.1. The highest BCUT2D eigenvalue weighted by Gasteiger charge is 2.23. The van der Waals surface area contributed by atoms with Gasteiger partial charge in [0.25, 0.3) is 0 Å². The standard InChI is InChI=1S/C15H24N2OS/c18-14-13(11-7-3-1-4-8-11)19-15(17-14)16-12-9-5-2-6-10-12/h11-12,18H,1-10H2,(H,16,17). The zero-order valence-electron chi connectivity index (χ0n) is 11.5. The molecule has 0 bridgehead atoms. The van der Waals surface area contributed by atoms with Crippen LogP contribution in [0.4, 0.5) is 5.13 Å². The van der Waals surface area contributed by atoms with Crippen LogP contribution in [-0.2, 0) is 0 Å². The van der Waals surface area contributed by atoms with E-state index in [1.54, 1.807) is 11.3 Å². The molecule has 1 aromatic rings. The van der Waals surface area contributed by atoms with Crippen LogP contribution in [0.2, 0.25) is 0 Å². The molecule has 3 nitrogen and oxygen atoms in total. The van der Waals surface area contributed by atoms with Crippen molar-refractivity contribution in [1.82, 2.24) is 4.98 Å². The van der Waals surface area contributed by atoms with E-state index < -0.39 is 0 Å². The van der Waals surface area contributed by atoms with Gasteiger partial charge < -0.3 is 10.4 Å². The molecule has 106 valence electrons. The molecule has 0 unspecified atom stereocenters. The lowest BCUT2D eigenvalue weighted by Gasteiger charge is -2.22. The molecule has 19 heavy (non-hydrogen) atoms.